The summed E-state index contributed by atoms with van der Waals surface area (Å²) in [6, 6.07) is 8.63. The van der Waals surface area contributed by atoms with Crippen LogP contribution in [0.1, 0.15) is 90.9 Å². The minimum Gasteiger partial charge on any atom is -0.480 e. The van der Waals surface area contributed by atoms with Crippen LogP contribution in [0, 0.1) is 17.8 Å². The van der Waals surface area contributed by atoms with Crippen molar-refractivity contribution in [2.45, 2.75) is 97.2 Å². The Labute approximate surface area is 240 Å². The molecule has 1 saturated heterocycles. The first-order valence-electron chi connectivity index (χ1n) is 16.6. The van der Waals surface area contributed by atoms with Crippen molar-refractivity contribution in [1.29, 1.82) is 0 Å². The van der Waals surface area contributed by atoms with Crippen molar-refractivity contribution in [3.63, 3.8) is 0 Å². The van der Waals surface area contributed by atoms with Crippen molar-refractivity contribution in [3.8, 4) is 0 Å². The van der Waals surface area contributed by atoms with Crippen LogP contribution < -0.4 is 0 Å². The van der Waals surface area contributed by atoms with Crippen LogP contribution >= 0.6 is 7.37 Å². The average molecular weight is 569 g/mol. The summed E-state index contributed by atoms with van der Waals surface area (Å²) in [5.41, 5.74) is 1.08. The topological polar surface area (TPSA) is 110 Å². The van der Waals surface area contributed by atoms with Crippen LogP contribution in [0.15, 0.2) is 30.3 Å². The van der Waals surface area contributed by atoms with E-state index in [0.717, 1.165) is 37.7 Å². The Kier molecular flexibility index (Phi) is 9.46. The first-order valence-corrected chi connectivity index (χ1v) is 16.1. The maximum absolute atomic E-state index is 14.4. The van der Waals surface area contributed by atoms with Crippen LogP contribution in [0.4, 0.5) is 0 Å². The third-order valence-corrected chi connectivity index (χ3v) is 10.2. The van der Waals surface area contributed by atoms with Crippen LogP contribution in [-0.4, -0.2) is 59.1 Å². The molecule has 0 bridgehead atoms. The SMILES string of the molecule is [2H]C([2H])([2H])C([2H])([2H])C(=O)OC(OP(=O)(CCCCc1ccccc1)CC(=O)N1CC(C2CCCCC2)CC1C(=O)O)C(C)C. The molecule has 4 atom stereocenters. The number of benzene rings is 1. The molecule has 9 heteroatoms. The molecule has 1 aliphatic heterocycles. The maximum atomic E-state index is 14.4. The van der Waals surface area contributed by atoms with E-state index in [1.54, 1.807) is 13.8 Å². The number of carbonyl (C=O) groups excluding carboxylic acids is 2. The molecule has 1 N–H and O–H groups in total. The number of hydrogen-bond donors (Lipinski definition) is 1. The third-order valence-electron chi connectivity index (χ3n) is 7.85. The van der Waals surface area contributed by atoms with Gasteiger partial charge >= 0.3 is 11.9 Å². The maximum Gasteiger partial charge on any atom is 0.326 e. The summed E-state index contributed by atoms with van der Waals surface area (Å²) < 4.78 is 63.0. The average Bonchev–Trinajstić information content (AvgIpc) is 3.42. The summed E-state index contributed by atoms with van der Waals surface area (Å²) in [5.74, 6) is -3.70. The highest BCUT2D eigenvalue weighted by molar-refractivity contribution is 7.59. The number of likely N-dealkylation sites (tertiary alicyclic amines) is 1. The monoisotopic (exact) mass is 568 g/mol. The normalized spacial score (nSPS) is 25.0. The van der Waals surface area contributed by atoms with Gasteiger partial charge in [0.2, 0.25) is 19.6 Å². The Morgan fingerprint density at radius 3 is 2.49 bits per heavy atom. The van der Waals surface area contributed by atoms with Crippen molar-refractivity contribution in [1.82, 2.24) is 4.90 Å². The number of carboxylic acid groups (broad SMARTS) is 1. The molecule has 39 heavy (non-hydrogen) atoms. The highest BCUT2D eigenvalue weighted by Crippen LogP contribution is 2.51. The number of unbranched alkanes of at least 4 members (excludes halogenated alkanes) is 1. The number of carboxylic acids is 1. The lowest BCUT2D eigenvalue weighted by molar-refractivity contribution is -0.169. The smallest absolute Gasteiger partial charge is 0.326 e. The van der Waals surface area contributed by atoms with Gasteiger partial charge in [-0.15, -0.1) is 0 Å². The summed E-state index contributed by atoms with van der Waals surface area (Å²) in [4.78, 5) is 39.8. The zero-order valence-electron chi connectivity index (χ0n) is 28.0. The van der Waals surface area contributed by atoms with Crippen LogP contribution in [-0.2, 0) is 34.6 Å². The van der Waals surface area contributed by atoms with Crippen molar-refractivity contribution in [2.75, 3.05) is 18.9 Å². The zero-order valence-corrected chi connectivity index (χ0v) is 23.9. The molecule has 2 aliphatic rings. The predicted octanol–water partition coefficient (Wildman–Crippen LogP) is 6.12. The largest absolute Gasteiger partial charge is 0.480 e. The standard InChI is InChI=1S/C30H46NO7P/c1-4-28(33)37-30(22(2)3)38-39(36,18-12-11-15-23-13-7-5-8-14-23)21-27(32)31-20-25(19-26(31)29(34)35)24-16-9-6-10-17-24/h5,7-8,13-14,22,24-26,30H,4,6,9-12,15-21H2,1-3H3,(H,34,35)/i1D3,4D2. The van der Waals surface area contributed by atoms with Gasteiger partial charge in [-0.05, 0) is 43.1 Å². The predicted molar refractivity (Wildman–Crippen MR) is 151 cm³/mol. The second-order valence-electron chi connectivity index (χ2n) is 11.2. The summed E-state index contributed by atoms with van der Waals surface area (Å²) in [6.45, 7) is 0.0925. The number of amides is 1. The lowest BCUT2D eigenvalue weighted by atomic mass is 9.79. The van der Waals surface area contributed by atoms with Gasteiger partial charge in [-0.1, -0.05) is 83.1 Å². The van der Waals surface area contributed by atoms with Gasteiger partial charge < -0.3 is 14.7 Å². The minimum atomic E-state index is -3.94. The molecule has 3 rings (SSSR count). The van der Waals surface area contributed by atoms with Crippen molar-refractivity contribution < 1.29 is 40.2 Å². The molecule has 1 aromatic rings. The summed E-state index contributed by atoms with van der Waals surface area (Å²) in [5, 5.41) is 9.95. The van der Waals surface area contributed by atoms with E-state index in [1.807, 2.05) is 30.3 Å². The molecular formula is C30H46NO7P. The van der Waals surface area contributed by atoms with E-state index in [2.05, 4.69) is 0 Å². The van der Waals surface area contributed by atoms with Crippen LogP contribution in [0.25, 0.3) is 0 Å². The van der Waals surface area contributed by atoms with Crippen LogP contribution in [0.2, 0.25) is 0 Å². The molecule has 1 saturated carbocycles. The van der Waals surface area contributed by atoms with Crippen LogP contribution in [0.5, 0.6) is 0 Å². The number of aliphatic carboxylic acids is 1. The van der Waals surface area contributed by atoms with E-state index in [0.29, 0.717) is 31.6 Å². The molecule has 1 amide bonds. The van der Waals surface area contributed by atoms with Crippen LogP contribution in [0.3, 0.4) is 0 Å². The zero-order chi connectivity index (χ0) is 32.7. The first-order chi connectivity index (χ1) is 20.5. The number of aryl methyl sites for hydroxylation is 1. The van der Waals surface area contributed by atoms with E-state index in [9.17, 15) is 24.1 Å². The fourth-order valence-corrected chi connectivity index (χ4v) is 8.02. The number of esters is 1. The van der Waals surface area contributed by atoms with Crippen molar-refractivity contribution in [2.24, 2.45) is 17.8 Å². The Bertz CT molecular complexity index is 1170. The molecule has 1 heterocycles. The van der Waals surface area contributed by atoms with Gasteiger partial charge in [-0.2, -0.15) is 0 Å². The molecule has 2 fully saturated rings. The Morgan fingerprint density at radius 2 is 1.85 bits per heavy atom. The number of ether oxygens (including phenoxy) is 1. The molecular weight excluding hydrogens is 517 g/mol. The van der Waals surface area contributed by atoms with Gasteiger partial charge in [0.05, 0.1) is 0 Å². The fraction of sp³-hybridized carbons (Fsp3) is 0.700. The summed E-state index contributed by atoms with van der Waals surface area (Å²) >= 11 is 0. The fourth-order valence-electron chi connectivity index (χ4n) is 5.72. The highest BCUT2D eigenvalue weighted by Gasteiger charge is 2.44. The third kappa shape index (κ3) is 9.46. The Morgan fingerprint density at radius 1 is 1.13 bits per heavy atom. The van der Waals surface area contributed by atoms with Gasteiger partial charge in [0.15, 0.2) is 0 Å². The molecule has 8 nitrogen and oxygen atoms in total. The van der Waals surface area contributed by atoms with E-state index < -0.39 is 62.9 Å². The van der Waals surface area contributed by atoms with Crippen molar-refractivity contribution >= 4 is 25.2 Å². The molecule has 1 aromatic carbocycles. The number of nitrogens with zero attached hydrogens (tertiary/aromatic N) is 1. The van der Waals surface area contributed by atoms with Gasteiger partial charge in [0.1, 0.15) is 12.2 Å². The number of carbonyl (C=O) groups is 3. The molecule has 218 valence electrons. The van der Waals surface area contributed by atoms with E-state index in [-0.39, 0.29) is 18.6 Å². The van der Waals surface area contributed by atoms with E-state index >= 15 is 0 Å². The summed E-state index contributed by atoms with van der Waals surface area (Å²) in [6.07, 6.45) is 1.73. The first kappa shape index (κ1) is 24.6. The minimum absolute atomic E-state index is 0.0398. The lowest BCUT2D eigenvalue weighted by Crippen LogP contribution is -2.42. The second kappa shape index (κ2) is 15.0. The molecule has 4 unspecified atom stereocenters. The van der Waals surface area contributed by atoms with Gasteiger partial charge in [-0.25, -0.2) is 4.79 Å². The number of rotatable bonds is 14. The van der Waals surface area contributed by atoms with E-state index in [1.165, 1.54) is 4.90 Å². The lowest BCUT2D eigenvalue weighted by Gasteiger charge is -2.30. The molecule has 0 aromatic heterocycles. The van der Waals surface area contributed by atoms with Crippen molar-refractivity contribution in [3.05, 3.63) is 35.9 Å². The molecule has 0 spiro atoms. The van der Waals surface area contributed by atoms with Gasteiger partial charge in [-0.3, -0.25) is 18.7 Å². The Balaban J connectivity index is 1.79. The summed E-state index contributed by atoms with van der Waals surface area (Å²) in [7, 11) is -3.94. The highest BCUT2D eigenvalue weighted by atomic mass is 31.2. The van der Waals surface area contributed by atoms with Gasteiger partial charge in [0.25, 0.3) is 0 Å². The van der Waals surface area contributed by atoms with E-state index in [4.69, 9.17) is 16.1 Å². The quantitative estimate of drug-likeness (QED) is 0.125. The van der Waals surface area contributed by atoms with Gasteiger partial charge in [0, 0.05) is 31.9 Å². The number of hydrogen-bond acceptors (Lipinski definition) is 6. The molecule has 1 aliphatic carbocycles. The Hall–Kier alpha value is -2.18. The second-order valence-corrected chi connectivity index (χ2v) is 13.8. The molecule has 0 radical (unpaired) electrons.